The zero-order valence-corrected chi connectivity index (χ0v) is 29.5. The number of aromatic carboxylic acids is 1. The summed E-state index contributed by atoms with van der Waals surface area (Å²) >= 11 is 0. The first-order chi connectivity index (χ1) is 24.0. The van der Waals surface area contributed by atoms with E-state index in [2.05, 4.69) is 46.6 Å². The Morgan fingerprint density at radius 1 is 0.940 bits per heavy atom. The Morgan fingerprint density at radius 3 is 2.38 bits per heavy atom. The van der Waals surface area contributed by atoms with Gasteiger partial charge >= 0.3 is 12.1 Å². The van der Waals surface area contributed by atoms with Crippen LogP contribution in [0, 0.1) is 5.92 Å². The minimum atomic E-state index is -0.995. The molecule has 50 heavy (non-hydrogen) atoms. The van der Waals surface area contributed by atoms with E-state index in [-0.39, 0.29) is 35.6 Å². The zero-order chi connectivity index (χ0) is 35.0. The number of carbonyl (C=O) groups excluding carboxylic acids is 1. The van der Waals surface area contributed by atoms with Gasteiger partial charge in [-0.15, -0.1) is 5.10 Å². The second kappa shape index (κ2) is 13.9. The van der Waals surface area contributed by atoms with Gasteiger partial charge < -0.3 is 19.5 Å². The van der Waals surface area contributed by atoms with Gasteiger partial charge in [-0.2, -0.15) is 5.10 Å². The van der Waals surface area contributed by atoms with E-state index < -0.39 is 11.6 Å². The number of likely N-dealkylation sites (tertiary alicyclic amines) is 1. The molecule has 264 valence electrons. The second-order valence-electron chi connectivity index (χ2n) is 15.2. The summed E-state index contributed by atoms with van der Waals surface area (Å²) in [5.41, 5.74) is 4.05. The third-order valence-electron chi connectivity index (χ3n) is 10.5. The maximum Gasteiger partial charge on any atom is 0.410 e. The molecule has 1 amide bonds. The average molecular weight is 681 g/mol. The Labute approximate surface area is 293 Å². The largest absolute Gasteiger partial charge is 0.490 e. The molecule has 2 unspecified atom stereocenters. The van der Waals surface area contributed by atoms with Crippen molar-refractivity contribution in [3.05, 3.63) is 77.9 Å². The topological polar surface area (TPSA) is 125 Å². The third kappa shape index (κ3) is 7.41. The van der Waals surface area contributed by atoms with Gasteiger partial charge in [0.25, 0.3) is 0 Å². The smallest absolute Gasteiger partial charge is 0.410 e. The van der Waals surface area contributed by atoms with Crippen molar-refractivity contribution < 1.29 is 24.2 Å². The lowest BCUT2D eigenvalue weighted by Gasteiger charge is -2.33. The van der Waals surface area contributed by atoms with E-state index in [0.717, 1.165) is 47.5 Å². The van der Waals surface area contributed by atoms with Crippen LogP contribution in [0.5, 0.6) is 5.75 Å². The molecule has 2 aromatic heterocycles. The third-order valence-corrected chi connectivity index (χ3v) is 10.5. The highest BCUT2D eigenvalue weighted by atomic mass is 16.6. The highest BCUT2D eigenvalue weighted by molar-refractivity contribution is 5.89. The highest BCUT2D eigenvalue weighted by Gasteiger charge is 2.46. The summed E-state index contributed by atoms with van der Waals surface area (Å²) in [7, 11) is 0. The van der Waals surface area contributed by atoms with Crippen LogP contribution < -0.4 is 4.74 Å². The molecule has 0 radical (unpaired) electrons. The molecule has 11 nitrogen and oxygen atoms in total. The Morgan fingerprint density at radius 2 is 1.66 bits per heavy atom. The number of carbonyl (C=O) groups is 2. The van der Waals surface area contributed by atoms with Gasteiger partial charge in [-0.25, -0.2) is 19.0 Å². The number of hydrogen-bond donors (Lipinski definition) is 1. The lowest BCUT2D eigenvalue weighted by Crippen LogP contribution is -2.42. The number of rotatable bonds is 9. The zero-order valence-electron chi connectivity index (χ0n) is 29.5. The molecule has 11 heteroatoms. The van der Waals surface area contributed by atoms with Crippen molar-refractivity contribution in [2.24, 2.45) is 5.92 Å². The summed E-state index contributed by atoms with van der Waals surface area (Å²) in [5.74, 6) is 0.454. The van der Waals surface area contributed by atoms with Gasteiger partial charge in [-0.05, 0) is 101 Å². The number of amides is 1. The molecule has 3 fully saturated rings. The van der Waals surface area contributed by atoms with Gasteiger partial charge in [0.05, 0.1) is 35.4 Å². The predicted molar refractivity (Wildman–Crippen MR) is 189 cm³/mol. The van der Waals surface area contributed by atoms with Gasteiger partial charge in [-0.3, -0.25) is 0 Å². The molecule has 4 aromatic rings. The molecule has 2 aromatic carbocycles. The number of hydrogen-bond acceptors (Lipinski definition) is 7. The van der Waals surface area contributed by atoms with Crippen molar-refractivity contribution in [2.45, 2.75) is 109 Å². The lowest BCUT2D eigenvalue weighted by molar-refractivity contribution is 0.0184. The average Bonchev–Trinajstić information content (AvgIpc) is 3.51. The molecule has 0 bridgehead atoms. The van der Waals surface area contributed by atoms with E-state index >= 15 is 0 Å². The SMILES string of the molecule is C[C@H](Oc1cccc(-c2cccc(-n3ncc(C(=O)O)c3C3CC3c3cn(C4CCN(C(=O)OC(C)(C)C)CC4)nn3)c2)c1)C1CCCCC1. The first kappa shape index (κ1) is 33.8. The molecule has 1 saturated heterocycles. The number of carboxylic acid groups (broad SMARTS) is 1. The molecular weight excluding hydrogens is 632 g/mol. The Bertz CT molecular complexity index is 1830. The number of piperidine rings is 1. The van der Waals surface area contributed by atoms with Crippen molar-refractivity contribution in [1.29, 1.82) is 0 Å². The van der Waals surface area contributed by atoms with E-state index in [9.17, 15) is 14.7 Å². The minimum absolute atomic E-state index is 0.0438. The van der Waals surface area contributed by atoms with Crippen LogP contribution in [-0.4, -0.2) is 71.6 Å². The predicted octanol–water partition coefficient (Wildman–Crippen LogP) is 8.02. The Kier molecular flexibility index (Phi) is 9.41. The van der Waals surface area contributed by atoms with Crippen LogP contribution in [0.1, 0.15) is 119 Å². The van der Waals surface area contributed by atoms with Gasteiger partial charge in [0.1, 0.15) is 16.9 Å². The molecule has 3 atom stereocenters. The summed E-state index contributed by atoms with van der Waals surface area (Å²) in [5, 5.41) is 23.7. The van der Waals surface area contributed by atoms with Crippen LogP contribution in [0.15, 0.2) is 60.9 Å². The lowest BCUT2D eigenvalue weighted by atomic mass is 9.86. The molecule has 7 rings (SSSR count). The van der Waals surface area contributed by atoms with Crippen LogP contribution in [-0.2, 0) is 4.74 Å². The molecule has 1 N–H and O–H groups in total. The van der Waals surface area contributed by atoms with Gasteiger partial charge in [0.2, 0.25) is 0 Å². The molecule has 0 spiro atoms. The van der Waals surface area contributed by atoms with E-state index in [4.69, 9.17) is 9.47 Å². The van der Waals surface area contributed by atoms with E-state index in [0.29, 0.717) is 24.7 Å². The van der Waals surface area contributed by atoms with Crippen LogP contribution >= 0.6 is 0 Å². The molecule has 1 aliphatic heterocycles. The first-order valence-corrected chi connectivity index (χ1v) is 18.1. The van der Waals surface area contributed by atoms with Crippen molar-refractivity contribution >= 4 is 12.1 Å². The molecule has 3 heterocycles. The summed E-state index contributed by atoms with van der Waals surface area (Å²) in [6.07, 6.45) is 12.0. The van der Waals surface area contributed by atoms with Gasteiger partial charge in [0.15, 0.2) is 0 Å². The van der Waals surface area contributed by atoms with Crippen molar-refractivity contribution in [3.8, 4) is 22.6 Å². The standard InChI is InChI=1S/C39H48N6O5/c1-25(26-10-6-5-7-11-26)49-31-15-9-13-28(21-31)27-12-8-14-30(20-27)45-36(34(23-40-45)37(46)47)33-22-32(33)35-24-44(42-41-35)29-16-18-43(19-17-29)38(48)50-39(2,3)4/h8-9,12-15,20-21,23-26,29,32-33H,5-7,10-11,16-19,22H2,1-4H3,(H,46,47)/t25-,32?,33?/m0/s1. The quantitative estimate of drug-likeness (QED) is 0.189. The highest BCUT2D eigenvalue weighted by Crippen LogP contribution is 2.55. The fourth-order valence-corrected chi connectivity index (χ4v) is 7.67. The molecule has 2 aliphatic carbocycles. The maximum absolute atomic E-state index is 12.5. The molecule has 3 aliphatic rings. The number of ether oxygens (including phenoxy) is 2. The summed E-state index contributed by atoms with van der Waals surface area (Å²) in [6, 6.07) is 16.4. The summed E-state index contributed by atoms with van der Waals surface area (Å²) in [4.78, 5) is 26.7. The van der Waals surface area contributed by atoms with Gasteiger partial charge in [0, 0.05) is 31.1 Å². The van der Waals surface area contributed by atoms with E-state index in [1.807, 2.05) is 55.9 Å². The fourth-order valence-electron chi connectivity index (χ4n) is 7.67. The van der Waals surface area contributed by atoms with Crippen LogP contribution in [0.2, 0.25) is 0 Å². The van der Waals surface area contributed by atoms with Crippen molar-refractivity contribution in [2.75, 3.05) is 13.1 Å². The summed E-state index contributed by atoms with van der Waals surface area (Å²) in [6.45, 7) is 8.99. The number of nitrogens with zero attached hydrogens (tertiary/aromatic N) is 6. The summed E-state index contributed by atoms with van der Waals surface area (Å²) < 4.78 is 15.7. The fraction of sp³-hybridized carbons (Fsp3) is 0.513. The minimum Gasteiger partial charge on any atom is -0.490 e. The number of carboxylic acids is 1. The molecular formula is C39H48N6O5. The van der Waals surface area contributed by atoms with Crippen LogP contribution in [0.4, 0.5) is 4.79 Å². The monoisotopic (exact) mass is 680 g/mol. The normalized spacial score (nSPS) is 20.8. The Balaban J connectivity index is 1.06. The Hall–Kier alpha value is -4.67. The second-order valence-corrected chi connectivity index (χ2v) is 15.2. The van der Waals surface area contributed by atoms with E-state index in [1.54, 1.807) is 9.58 Å². The van der Waals surface area contributed by atoms with Crippen LogP contribution in [0.3, 0.4) is 0 Å². The van der Waals surface area contributed by atoms with Crippen molar-refractivity contribution in [3.63, 3.8) is 0 Å². The maximum atomic E-state index is 12.5. The van der Waals surface area contributed by atoms with Crippen molar-refractivity contribution in [1.82, 2.24) is 29.7 Å². The van der Waals surface area contributed by atoms with Crippen LogP contribution in [0.25, 0.3) is 16.8 Å². The van der Waals surface area contributed by atoms with Gasteiger partial charge in [-0.1, -0.05) is 48.7 Å². The molecule has 2 saturated carbocycles. The first-order valence-electron chi connectivity index (χ1n) is 18.1. The number of benzene rings is 2. The van der Waals surface area contributed by atoms with E-state index in [1.165, 1.54) is 38.3 Å². The number of aromatic nitrogens is 5.